The van der Waals surface area contributed by atoms with E-state index < -0.39 is 11.5 Å². The fourth-order valence-corrected chi connectivity index (χ4v) is 3.45. The fourth-order valence-electron chi connectivity index (χ4n) is 2.46. The second-order valence-corrected chi connectivity index (χ2v) is 7.22. The number of aromatic carboxylic acids is 1. The summed E-state index contributed by atoms with van der Waals surface area (Å²) >= 11 is 1.46. The molecular weight excluding hydrogens is 371 g/mol. The van der Waals surface area contributed by atoms with Crippen molar-refractivity contribution in [2.75, 3.05) is 0 Å². The van der Waals surface area contributed by atoms with Crippen LogP contribution in [-0.2, 0) is 5.54 Å². The normalized spacial score (nSPS) is 10.7. The number of benzene rings is 2. The number of aromatic nitrogens is 1. The summed E-state index contributed by atoms with van der Waals surface area (Å²) in [7, 11) is 0. The van der Waals surface area contributed by atoms with Crippen molar-refractivity contribution in [2.45, 2.75) is 19.4 Å². The van der Waals surface area contributed by atoms with E-state index in [-0.39, 0.29) is 42.5 Å². The summed E-state index contributed by atoms with van der Waals surface area (Å²) in [6.45, 7) is 3.81. The van der Waals surface area contributed by atoms with Crippen molar-refractivity contribution in [3.05, 3.63) is 76.8 Å². The molecule has 1 amide bonds. The Kier molecular flexibility index (Phi) is 6.95. The number of thiazole rings is 1. The van der Waals surface area contributed by atoms with Crippen LogP contribution in [0.1, 0.15) is 41.7 Å². The van der Waals surface area contributed by atoms with E-state index in [4.69, 9.17) is 5.11 Å². The topological polar surface area (TPSA) is 79.3 Å². The van der Waals surface area contributed by atoms with Crippen LogP contribution in [0.25, 0.3) is 10.6 Å². The Bertz CT molecular complexity index is 944. The van der Waals surface area contributed by atoms with E-state index in [0.717, 1.165) is 16.3 Å². The number of nitrogens with one attached hydrogen (secondary N) is 1. The molecule has 0 saturated heterocycles. The van der Waals surface area contributed by atoms with Crippen molar-refractivity contribution in [2.24, 2.45) is 0 Å². The Morgan fingerprint density at radius 2 is 1.67 bits per heavy atom. The molecule has 0 spiro atoms. The third-order valence-electron chi connectivity index (χ3n) is 3.99. The SMILES string of the molecule is CC(C)(NC(=O)c1ccccc1)c1csc(-c2ccc(C(=O)O)cc2)n1.[H-].[Na+]. The maximum atomic E-state index is 12.4. The number of hydrogen-bond acceptors (Lipinski definition) is 4. The largest absolute Gasteiger partial charge is 1.00 e. The van der Waals surface area contributed by atoms with Gasteiger partial charge in [-0.05, 0) is 38.1 Å². The van der Waals surface area contributed by atoms with Gasteiger partial charge in [0, 0.05) is 16.5 Å². The Balaban J connectivity index is 0.00000196. The van der Waals surface area contributed by atoms with Gasteiger partial charge < -0.3 is 11.8 Å². The Morgan fingerprint density at radius 3 is 2.26 bits per heavy atom. The van der Waals surface area contributed by atoms with E-state index in [0.29, 0.717) is 5.56 Å². The van der Waals surface area contributed by atoms with E-state index in [2.05, 4.69) is 10.3 Å². The molecule has 2 N–H and O–H groups in total. The van der Waals surface area contributed by atoms with Crippen LogP contribution in [0.3, 0.4) is 0 Å². The molecular formula is C20H19N2NaO3S. The molecule has 1 aromatic heterocycles. The molecule has 5 nitrogen and oxygen atoms in total. The van der Waals surface area contributed by atoms with Gasteiger partial charge in [-0.2, -0.15) is 0 Å². The number of nitrogens with zero attached hydrogens (tertiary/aromatic N) is 1. The van der Waals surface area contributed by atoms with Crippen LogP contribution in [0, 0.1) is 0 Å². The van der Waals surface area contributed by atoms with Crippen molar-refractivity contribution in [3.63, 3.8) is 0 Å². The molecule has 0 aliphatic carbocycles. The molecule has 0 bridgehead atoms. The number of carboxylic acids is 1. The van der Waals surface area contributed by atoms with Crippen LogP contribution >= 0.6 is 11.3 Å². The van der Waals surface area contributed by atoms with Gasteiger partial charge >= 0.3 is 35.5 Å². The molecule has 0 unspecified atom stereocenters. The van der Waals surface area contributed by atoms with Crippen LogP contribution in [0.2, 0.25) is 0 Å². The zero-order chi connectivity index (χ0) is 18.7. The molecule has 2 aromatic carbocycles. The molecule has 0 aliphatic rings. The van der Waals surface area contributed by atoms with Crippen molar-refractivity contribution >= 4 is 23.2 Å². The van der Waals surface area contributed by atoms with Gasteiger partial charge in [0.05, 0.1) is 16.8 Å². The Hall–Kier alpha value is -1.99. The number of carbonyl (C=O) groups is 2. The first kappa shape index (κ1) is 21.3. The Labute approximate surface area is 185 Å². The van der Waals surface area contributed by atoms with Gasteiger partial charge in [0.2, 0.25) is 0 Å². The number of amides is 1. The molecule has 0 saturated carbocycles. The predicted octanol–water partition coefficient (Wildman–Crippen LogP) is 1.29. The maximum absolute atomic E-state index is 12.4. The molecule has 1 heterocycles. The van der Waals surface area contributed by atoms with Crippen molar-refractivity contribution < 1.29 is 45.7 Å². The van der Waals surface area contributed by atoms with Gasteiger partial charge in [0.25, 0.3) is 5.91 Å². The first-order valence-corrected chi connectivity index (χ1v) is 8.92. The zero-order valence-electron chi connectivity index (χ0n) is 16.4. The number of hydrogen-bond donors (Lipinski definition) is 2. The summed E-state index contributed by atoms with van der Waals surface area (Å²) in [6.07, 6.45) is 0. The van der Waals surface area contributed by atoms with Gasteiger partial charge in [0.15, 0.2) is 0 Å². The quantitative estimate of drug-likeness (QED) is 0.644. The van der Waals surface area contributed by atoms with Crippen LogP contribution in [0.4, 0.5) is 0 Å². The fraction of sp³-hybridized carbons (Fsp3) is 0.150. The van der Waals surface area contributed by atoms with Crippen LogP contribution in [0.15, 0.2) is 60.0 Å². The average Bonchev–Trinajstić information content (AvgIpc) is 3.13. The third-order valence-corrected chi connectivity index (χ3v) is 4.88. The second-order valence-electron chi connectivity index (χ2n) is 6.37. The zero-order valence-corrected chi connectivity index (χ0v) is 18.2. The second kappa shape index (κ2) is 8.80. The summed E-state index contributed by atoms with van der Waals surface area (Å²) in [4.78, 5) is 28.0. The maximum Gasteiger partial charge on any atom is 1.00 e. The minimum atomic E-state index is -0.957. The molecule has 0 aliphatic heterocycles. The van der Waals surface area contributed by atoms with Gasteiger partial charge in [0.1, 0.15) is 5.01 Å². The molecule has 27 heavy (non-hydrogen) atoms. The first-order valence-electron chi connectivity index (χ1n) is 8.04. The molecule has 3 rings (SSSR count). The van der Waals surface area contributed by atoms with Crippen LogP contribution in [0.5, 0.6) is 0 Å². The molecule has 7 heteroatoms. The molecule has 0 atom stereocenters. The van der Waals surface area contributed by atoms with Crippen molar-refractivity contribution in [1.29, 1.82) is 0 Å². The van der Waals surface area contributed by atoms with E-state index in [9.17, 15) is 9.59 Å². The monoisotopic (exact) mass is 390 g/mol. The van der Waals surface area contributed by atoms with E-state index in [1.165, 1.54) is 11.3 Å². The van der Waals surface area contributed by atoms with E-state index in [1.54, 1.807) is 36.4 Å². The predicted molar refractivity (Wildman–Crippen MR) is 103 cm³/mol. The third kappa shape index (κ3) is 5.05. The molecule has 3 aromatic rings. The van der Waals surface area contributed by atoms with E-state index >= 15 is 0 Å². The average molecular weight is 390 g/mol. The summed E-state index contributed by atoms with van der Waals surface area (Å²) in [5.41, 5.74) is 1.80. The number of carbonyl (C=O) groups excluding carboxylic acids is 1. The molecule has 134 valence electrons. The molecule has 0 radical (unpaired) electrons. The minimum Gasteiger partial charge on any atom is -1.00 e. The minimum absolute atomic E-state index is 0. The summed E-state index contributed by atoms with van der Waals surface area (Å²) in [6, 6.07) is 15.6. The van der Waals surface area contributed by atoms with Gasteiger partial charge in [-0.25, -0.2) is 9.78 Å². The summed E-state index contributed by atoms with van der Waals surface area (Å²) in [5.74, 6) is -1.11. The standard InChI is InChI=1S/C20H18N2O3S.Na.H/c1-20(2,22-17(23)13-6-4-3-5-7-13)16-12-26-18(21-16)14-8-10-15(11-9-14)19(24)25;;/h3-12H,1-2H3,(H,22,23)(H,24,25);;/q;+1;-1. The summed E-state index contributed by atoms with van der Waals surface area (Å²) in [5, 5.41) is 14.7. The van der Waals surface area contributed by atoms with Crippen LogP contribution in [-0.4, -0.2) is 22.0 Å². The van der Waals surface area contributed by atoms with E-state index in [1.807, 2.05) is 37.4 Å². The van der Waals surface area contributed by atoms with Gasteiger partial charge in [-0.3, -0.25) is 4.79 Å². The van der Waals surface area contributed by atoms with Gasteiger partial charge in [-0.1, -0.05) is 30.3 Å². The first-order chi connectivity index (χ1) is 12.4. The van der Waals surface area contributed by atoms with Gasteiger partial charge in [-0.15, -0.1) is 11.3 Å². The van der Waals surface area contributed by atoms with Crippen LogP contribution < -0.4 is 34.9 Å². The van der Waals surface area contributed by atoms with Crippen molar-refractivity contribution in [1.82, 2.24) is 10.3 Å². The number of rotatable bonds is 5. The molecule has 0 fully saturated rings. The number of carboxylic acid groups (broad SMARTS) is 1. The summed E-state index contributed by atoms with van der Waals surface area (Å²) < 4.78 is 0. The van der Waals surface area contributed by atoms with Crippen molar-refractivity contribution in [3.8, 4) is 10.6 Å². The smallest absolute Gasteiger partial charge is 1.00 e. The Morgan fingerprint density at radius 1 is 1.04 bits per heavy atom.